The van der Waals surface area contributed by atoms with Crippen molar-refractivity contribution in [3.63, 3.8) is 0 Å². The van der Waals surface area contributed by atoms with E-state index < -0.39 is 76.5 Å². The molecule has 3 N–H and O–H groups in total. The summed E-state index contributed by atoms with van der Waals surface area (Å²) < 4.78 is 23.4. The summed E-state index contributed by atoms with van der Waals surface area (Å²) in [7, 11) is 0. The van der Waals surface area contributed by atoms with E-state index in [2.05, 4.69) is 0 Å². The quantitative estimate of drug-likeness (QED) is 0.412. The number of hydrogen-bond acceptors (Lipinski definition) is 9. The molecule has 0 bridgehead atoms. The van der Waals surface area contributed by atoms with Crippen LogP contribution in [0.15, 0.2) is 0 Å². The molecule has 0 aromatic heterocycles. The van der Waals surface area contributed by atoms with Crippen molar-refractivity contribution >= 4 is 12.4 Å². The molecule has 3 saturated heterocycles. The Bertz CT molecular complexity index is 809. The molecule has 0 amide bonds. The van der Waals surface area contributed by atoms with Crippen LogP contribution in [0, 0.1) is 28.1 Å². The fourth-order valence-corrected chi connectivity index (χ4v) is 8.21. The second-order valence-corrected chi connectivity index (χ2v) is 10.8. The molecule has 9 heteroatoms. The first-order valence-corrected chi connectivity index (χ1v) is 10.6. The number of hydrogen-bond donors (Lipinski definition) is 3. The Morgan fingerprint density at radius 1 is 1.30 bits per heavy atom. The van der Waals surface area contributed by atoms with Gasteiger partial charge in [-0.15, -0.1) is 0 Å². The predicted molar refractivity (Wildman–Crippen MR) is 98.6 cm³/mol. The number of aliphatic hydroxyl groups is 3. The molecule has 0 radical (unpaired) electrons. The molecule has 11 atom stereocenters. The number of aliphatic hydroxyl groups excluding tert-OH is 2. The number of carbonyl (C=O) groups is 2. The highest BCUT2D eigenvalue weighted by Gasteiger charge is 2.99. The van der Waals surface area contributed by atoms with Crippen LogP contribution in [-0.4, -0.2) is 76.3 Å². The lowest BCUT2D eigenvalue weighted by molar-refractivity contribution is -0.249. The minimum Gasteiger partial charge on any atom is -0.457 e. The predicted octanol–water partition coefficient (Wildman–Crippen LogP) is -0.260. The van der Waals surface area contributed by atoms with Gasteiger partial charge in [-0.05, 0) is 18.8 Å². The van der Waals surface area contributed by atoms with Crippen LogP contribution in [0.5, 0.6) is 0 Å². The number of carbonyl (C=O) groups excluding carboxylic acids is 2. The molecule has 1 spiro atoms. The van der Waals surface area contributed by atoms with Crippen LogP contribution < -0.4 is 0 Å². The van der Waals surface area contributed by atoms with Gasteiger partial charge in [0, 0.05) is 11.8 Å². The number of ether oxygens (including phenoxy) is 4. The molecule has 3 aliphatic heterocycles. The number of fused-ring (bicyclic) bond motifs is 1. The van der Waals surface area contributed by atoms with E-state index in [9.17, 15) is 24.9 Å². The van der Waals surface area contributed by atoms with Gasteiger partial charge in [-0.1, -0.05) is 27.7 Å². The summed E-state index contributed by atoms with van der Waals surface area (Å²) in [6.45, 7) is 9.01. The summed E-state index contributed by atoms with van der Waals surface area (Å²) in [5.74, 6) is -1.94. The molecule has 9 nitrogen and oxygen atoms in total. The third-order valence-corrected chi connectivity index (χ3v) is 9.09. The molecule has 5 fully saturated rings. The van der Waals surface area contributed by atoms with Gasteiger partial charge in [-0.25, -0.2) is 4.79 Å². The van der Waals surface area contributed by atoms with Crippen molar-refractivity contribution in [2.45, 2.75) is 82.9 Å². The van der Waals surface area contributed by atoms with E-state index in [1.807, 2.05) is 27.7 Å². The fourth-order valence-electron chi connectivity index (χ4n) is 8.21. The number of esters is 1. The van der Waals surface area contributed by atoms with E-state index in [4.69, 9.17) is 18.9 Å². The van der Waals surface area contributed by atoms with E-state index in [1.165, 1.54) is 0 Å². The zero-order valence-corrected chi connectivity index (χ0v) is 17.8. The molecule has 168 valence electrons. The highest BCUT2D eigenvalue weighted by atomic mass is 16.7. The first-order chi connectivity index (χ1) is 13.9. The summed E-state index contributed by atoms with van der Waals surface area (Å²) in [4.78, 5) is 24.9. The van der Waals surface area contributed by atoms with Crippen LogP contribution in [0.2, 0.25) is 0 Å². The van der Waals surface area contributed by atoms with E-state index >= 15 is 0 Å². The van der Waals surface area contributed by atoms with Gasteiger partial charge in [0.15, 0.2) is 0 Å². The van der Waals surface area contributed by atoms with E-state index in [0.29, 0.717) is 0 Å². The van der Waals surface area contributed by atoms with Gasteiger partial charge in [0.25, 0.3) is 6.47 Å². The molecule has 0 aromatic carbocycles. The lowest BCUT2D eigenvalue weighted by Gasteiger charge is -2.47. The van der Waals surface area contributed by atoms with Gasteiger partial charge >= 0.3 is 5.97 Å². The molecule has 30 heavy (non-hydrogen) atoms. The lowest BCUT2D eigenvalue weighted by Crippen LogP contribution is -2.65. The second kappa shape index (κ2) is 5.56. The second-order valence-electron chi connectivity index (χ2n) is 10.8. The Kier molecular flexibility index (Phi) is 3.82. The average Bonchev–Trinajstić information content (AvgIpc) is 3.28. The zero-order chi connectivity index (χ0) is 22.1. The summed E-state index contributed by atoms with van der Waals surface area (Å²) in [5.41, 5.74) is -6.93. The van der Waals surface area contributed by atoms with E-state index in [0.717, 1.165) is 0 Å². The van der Waals surface area contributed by atoms with Gasteiger partial charge in [0.2, 0.25) is 11.9 Å². The Morgan fingerprint density at radius 2 is 1.97 bits per heavy atom. The third kappa shape index (κ3) is 1.65. The standard InChI is InChI=1S/C21H30O9/c1-9-10(2)28-11-6-19-14-12(24)13(17(3,4)5)18(19,7-22)16(27-8-23)30-21(19,15(25)29-14)20(9,11)26/h8-14,16,22,24,26H,6-7H2,1-5H3/t9-,10?,11?,12-,13+,14?,16?,18?,19?,20-,21?/m1/s1. The largest absolute Gasteiger partial charge is 0.457 e. The molecular formula is C21H30O9. The Labute approximate surface area is 174 Å². The number of rotatable bonds is 3. The maximum atomic E-state index is 13.5. The van der Waals surface area contributed by atoms with Crippen LogP contribution in [0.1, 0.15) is 41.0 Å². The van der Waals surface area contributed by atoms with Gasteiger partial charge < -0.3 is 34.3 Å². The minimum absolute atomic E-state index is 0.136. The minimum atomic E-state index is -1.92. The molecule has 5 aliphatic rings. The summed E-state index contributed by atoms with van der Waals surface area (Å²) in [5, 5.41) is 34.3. The molecule has 0 aromatic rings. The SMILES string of the molecule is CC1OC2CC34C5OC(=O)C3(OC(OC=O)C4(CO)[C@H](C(C)(C)C)[C@H]5O)[C@@]2(O)[C@@H]1C. The first kappa shape index (κ1) is 20.6. The molecular weight excluding hydrogens is 396 g/mol. The average molecular weight is 426 g/mol. The van der Waals surface area contributed by atoms with E-state index in [-0.39, 0.29) is 19.0 Å². The van der Waals surface area contributed by atoms with Crippen LogP contribution >= 0.6 is 0 Å². The zero-order valence-electron chi connectivity index (χ0n) is 17.8. The van der Waals surface area contributed by atoms with Crippen molar-refractivity contribution in [1.29, 1.82) is 0 Å². The highest BCUT2D eigenvalue weighted by molar-refractivity contribution is 5.89. The Morgan fingerprint density at radius 3 is 2.53 bits per heavy atom. The van der Waals surface area contributed by atoms with Crippen LogP contribution in [0.25, 0.3) is 0 Å². The monoisotopic (exact) mass is 426 g/mol. The topological polar surface area (TPSA) is 132 Å². The van der Waals surface area contributed by atoms with Crippen molar-refractivity contribution in [2.75, 3.05) is 6.61 Å². The fraction of sp³-hybridized carbons (Fsp3) is 0.905. The van der Waals surface area contributed by atoms with Crippen LogP contribution in [0.3, 0.4) is 0 Å². The molecule has 2 aliphatic carbocycles. The molecule has 7 unspecified atom stereocenters. The van der Waals surface area contributed by atoms with Gasteiger partial charge in [-0.3, -0.25) is 4.79 Å². The lowest BCUT2D eigenvalue weighted by atomic mass is 9.53. The highest BCUT2D eigenvalue weighted by Crippen LogP contribution is 2.82. The van der Waals surface area contributed by atoms with Gasteiger partial charge in [0.1, 0.15) is 11.7 Å². The normalized spacial score (nSPS) is 58.4. The van der Waals surface area contributed by atoms with E-state index in [1.54, 1.807) is 6.92 Å². The van der Waals surface area contributed by atoms with Crippen LogP contribution in [-0.2, 0) is 28.5 Å². The first-order valence-electron chi connectivity index (χ1n) is 10.6. The maximum Gasteiger partial charge on any atom is 0.342 e. The summed E-state index contributed by atoms with van der Waals surface area (Å²) in [6.07, 6.45) is -4.45. The van der Waals surface area contributed by atoms with Crippen molar-refractivity contribution in [3.05, 3.63) is 0 Å². The van der Waals surface area contributed by atoms with Gasteiger partial charge in [-0.2, -0.15) is 0 Å². The van der Waals surface area contributed by atoms with Crippen molar-refractivity contribution in [1.82, 2.24) is 0 Å². The van der Waals surface area contributed by atoms with Gasteiger partial charge in [0.05, 0.1) is 35.7 Å². The molecule has 2 saturated carbocycles. The summed E-state index contributed by atoms with van der Waals surface area (Å²) >= 11 is 0. The third-order valence-electron chi connectivity index (χ3n) is 9.09. The van der Waals surface area contributed by atoms with Crippen molar-refractivity contribution in [3.8, 4) is 0 Å². The Balaban J connectivity index is 1.84. The Hall–Kier alpha value is -1.26. The van der Waals surface area contributed by atoms with Crippen LogP contribution in [0.4, 0.5) is 0 Å². The smallest absolute Gasteiger partial charge is 0.342 e. The molecule has 3 heterocycles. The summed E-state index contributed by atoms with van der Waals surface area (Å²) in [6, 6.07) is 0. The maximum absolute atomic E-state index is 13.5. The van der Waals surface area contributed by atoms with Crippen molar-refractivity contribution < 1.29 is 43.9 Å². The van der Waals surface area contributed by atoms with Crippen molar-refractivity contribution in [2.24, 2.45) is 28.1 Å². The molecule has 5 rings (SSSR count).